The second kappa shape index (κ2) is 8.93. The predicted molar refractivity (Wildman–Crippen MR) is 110 cm³/mol. The summed E-state index contributed by atoms with van der Waals surface area (Å²) in [5.74, 6) is -0.800. The molecule has 3 rings (SSSR count). The number of piperidine rings is 1. The van der Waals surface area contributed by atoms with E-state index < -0.39 is 24.9 Å². The van der Waals surface area contributed by atoms with Gasteiger partial charge >= 0.3 is 6.09 Å². The molecule has 0 aromatic heterocycles. The predicted octanol–water partition coefficient (Wildman–Crippen LogP) is 0.998. The van der Waals surface area contributed by atoms with Gasteiger partial charge in [-0.3, -0.25) is 4.79 Å². The van der Waals surface area contributed by atoms with Gasteiger partial charge in [0.05, 0.1) is 28.3 Å². The maximum atomic E-state index is 12.6. The van der Waals surface area contributed by atoms with Crippen LogP contribution >= 0.6 is 0 Å². The Morgan fingerprint density at radius 1 is 1.13 bits per heavy atom. The number of sulfone groups is 2. The highest BCUT2D eigenvalue weighted by Crippen LogP contribution is 2.25. The molecule has 1 N–H and O–H groups in total. The second-order valence-electron chi connectivity index (χ2n) is 7.53. The maximum Gasteiger partial charge on any atom is 0.409 e. The number of carbonyl (C=O) groups excluding carboxylic acids is 2. The summed E-state index contributed by atoms with van der Waals surface area (Å²) in [5.41, 5.74) is 0.320. The molecule has 0 bridgehead atoms. The van der Waals surface area contributed by atoms with Crippen molar-refractivity contribution in [1.82, 2.24) is 10.2 Å². The Morgan fingerprint density at radius 2 is 1.77 bits per heavy atom. The van der Waals surface area contributed by atoms with Crippen LogP contribution in [0.3, 0.4) is 0 Å². The first kappa shape index (κ1) is 22.5. The van der Waals surface area contributed by atoms with Gasteiger partial charge < -0.3 is 15.0 Å². The summed E-state index contributed by atoms with van der Waals surface area (Å²) in [6, 6.07) is 5.46. The van der Waals surface area contributed by atoms with Crippen LogP contribution in [0.1, 0.15) is 36.5 Å². The van der Waals surface area contributed by atoms with E-state index in [0.717, 1.165) is 0 Å². The molecule has 2 fully saturated rings. The average molecular weight is 459 g/mol. The molecular formula is C19H26N2O7S2. The molecule has 1 aromatic carbocycles. The van der Waals surface area contributed by atoms with Crippen LogP contribution in [-0.4, -0.2) is 76.2 Å². The summed E-state index contributed by atoms with van der Waals surface area (Å²) in [7, 11) is -7.07. The molecule has 2 saturated heterocycles. The highest BCUT2D eigenvalue weighted by molar-refractivity contribution is 7.96. The lowest BCUT2D eigenvalue weighted by Crippen LogP contribution is -2.46. The number of ether oxygens (including phenoxy) is 1. The summed E-state index contributed by atoms with van der Waals surface area (Å²) >= 11 is 0. The maximum absolute atomic E-state index is 12.6. The van der Waals surface area contributed by atoms with E-state index in [4.69, 9.17) is 4.74 Å². The van der Waals surface area contributed by atoms with Crippen molar-refractivity contribution in [1.29, 1.82) is 0 Å². The third-order valence-corrected chi connectivity index (χ3v) is 9.62. The van der Waals surface area contributed by atoms with Crippen LogP contribution in [0.15, 0.2) is 29.2 Å². The normalized spacial score (nSPS) is 21.9. The van der Waals surface area contributed by atoms with E-state index in [1.165, 1.54) is 24.3 Å². The van der Waals surface area contributed by atoms with Gasteiger partial charge in [0.2, 0.25) is 0 Å². The van der Waals surface area contributed by atoms with Crippen LogP contribution in [0, 0.1) is 0 Å². The first-order chi connectivity index (χ1) is 14.1. The molecule has 166 valence electrons. The Labute approximate surface area is 176 Å². The number of nitrogens with one attached hydrogen (secondary N) is 1. The van der Waals surface area contributed by atoms with Gasteiger partial charge in [-0.25, -0.2) is 21.6 Å². The van der Waals surface area contributed by atoms with Gasteiger partial charge in [0.15, 0.2) is 19.7 Å². The third-order valence-electron chi connectivity index (χ3n) is 5.43. The largest absolute Gasteiger partial charge is 0.450 e. The molecule has 0 saturated carbocycles. The highest BCUT2D eigenvalue weighted by atomic mass is 32.2. The number of amides is 2. The van der Waals surface area contributed by atoms with E-state index in [-0.39, 0.29) is 40.9 Å². The lowest BCUT2D eigenvalue weighted by molar-refractivity contribution is 0.0860. The van der Waals surface area contributed by atoms with Crippen LogP contribution in [0.2, 0.25) is 0 Å². The van der Waals surface area contributed by atoms with Crippen molar-refractivity contribution in [3.05, 3.63) is 29.8 Å². The molecule has 1 atom stereocenters. The smallest absolute Gasteiger partial charge is 0.409 e. The fraction of sp³-hybridized carbons (Fsp3) is 0.579. The van der Waals surface area contributed by atoms with Gasteiger partial charge in [-0.2, -0.15) is 0 Å². The monoisotopic (exact) mass is 458 g/mol. The van der Waals surface area contributed by atoms with Gasteiger partial charge in [0, 0.05) is 24.7 Å². The van der Waals surface area contributed by atoms with Crippen LogP contribution < -0.4 is 5.32 Å². The molecule has 1 aromatic rings. The summed E-state index contributed by atoms with van der Waals surface area (Å²) in [5, 5.41) is 1.97. The summed E-state index contributed by atoms with van der Waals surface area (Å²) in [6.07, 6.45) is 0.951. The van der Waals surface area contributed by atoms with Crippen LogP contribution in [0.4, 0.5) is 4.79 Å². The fourth-order valence-electron chi connectivity index (χ4n) is 3.68. The van der Waals surface area contributed by atoms with Crippen molar-refractivity contribution in [2.45, 2.75) is 42.4 Å². The first-order valence-electron chi connectivity index (χ1n) is 9.89. The van der Waals surface area contributed by atoms with E-state index in [1.807, 2.05) is 0 Å². The van der Waals surface area contributed by atoms with Gasteiger partial charge in [0.25, 0.3) is 5.91 Å². The first-order valence-corrected chi connectivity index (χ1v) is 13.3. The van der Waals surface area contributed by atoms with Gasteiger partial charge in [0.1, 0.15) is 0 Å². The van der Waals surface area contributed by atoms with Gasteiger partial charge in [-0.15, -0.1) is 0 Å². The number of carbonyl (C=O) groups is 2. The van der Waals surface area contributed by atoms with E-state index in [2.05, 4.69) is 5.32 Å². The van der Waals surface area contributed by atoms with Crippen molar-refractivity contribution in [2.24, 2.45) is 0 Å². The topological polar surface area (TPSA) is 127 Å². The third kappa shape index (κ3) is 5.12. The number of hydrogen-bond donors (Lipinski definition) is 1. The van der Waals surface area contributed by atoms with Crippen molar-refractivity contribution in [3.63, 3.8) is 0 Å². The van der Waals surface area contributed by atoms with Crippen LogP contribution in [-0.2, 0) is 24.4 Å². The minimum atomic E-state index is -3.76. The van der Waals surface area contributed by atoms with Crippen LogP contribution in [0.5, 0.6) is 0 Å². The average Bonchev–Trinajstić information content (AvgIpc) is 3.09. The number of benzene rings is 1. The minimum absolute atomic E-state index is 0.0175. The van der Waals surface area contributed by atoms with Crippen molar-refractivity contribution in [3.8, 4) is 0 Å². The fourth-order valence-corrected chi connectivity index (χ4v) is 8.04. The van der Waals surface area contributed by atoms with E-state index in [0.29, 0.717) is 38.1 Å². The molecule has 0 aliphatic carbocycles. The Balaban J connectivity index is 1.58. The van der Waals surface area contributed by atoms with Gasteiger partial charge in [-0.1, -0.05) is 0 Å². The SMILES string of the molecule is CCOC(=O)N1CCC(NC(=O)c2ccc(S(=O)(=O)[C@H]3CCS(=O)(=O)C3)cc2)CC1. The lowest BCUT2D eigenvalue weighted by atomic mass is 10.0. The molecule has 0 unspecified atom stereocenters. The van der Waals surface area contributed by atoms with Gasteiger partial charge in [-0.05, 0) is 50.5 Å². The van der Waals surface area contributed by atoms with E-state index in [9.17, 15) is 26.4 Å². The number of hydrogen-bond acceptors (Lipinski definition) is 7. The molecule has 2 heterocycles. The standard InChI is InChI=1S/C19H26N2O7S2/c1-2-28-19(23)21-10-7-15(8-11-21)20-18(22)14-3-5-16(6-4-14)30(26,27)17-9-12-29(24,25)13-17/h3-6,15,17H,2,7-13H2,1H3,(H,20,22)/t17-/m0/s1. The van der Waals surface area contributed by atoms with E-state index >= 15 is 0 Å². The molecule has 2 amide bonds. The number of likely N-dealkylation sites (tertiary alicyclic amines) is 1. The number of nitrogens with zero attached hydrogens (tertiary/aromatic N) is 1. The lowest BCUT2D eigenvalue weighted by Gasteiger charge is -2.31. The second-order valence-corrected chi connectivity index (χ2v) is 12.0. The molecule has 0 radical (unpaired) electrons. The zero-order chi connectivity index (χ0) is 21.9. The molecule has 2 aliphatic heterocycles. The Bertz CT molecular complexity index is 996. The molecule has 9 nitrogen and oxygen atoms in total. The molecular weight excluding hydrogens is 432 g/mol. The van der Waals surface area contributed by atoms with E-state index in [1.54, 1.807) is 11.8 Å². The molecule has 2 aliphatic rings. The van der Waals surface area contributed by atoms with Crippen molar-refractivity contribution in [2.75, 3.05) is 31.2 Å². The Kier molecular flexibility index (Phi) is 6.71. The quantitative estimate of drug-likeness (QED) is 0.697. The van der Waals surface area contributed by atoms with Crippen LogP contribution in [0.25, 0.3) is 0 Å². The summed E-state index contributed by atoms with van der Waals surface area (Å²) in [6.45, 7) is 3.05. The van der Waals surface area contributed by atoms with Crippen molar-refractivity contribution < 1.29 is 31.2 Å². The summed E-state index contributed by atoms with van der Waals surface area (Å²) < 4.78 is 53.5. The summed E-state index contributed by atoms with van der Waals surface area (Å²) in [4.78, 5) is 25.8. The molecule has 30 heavy (non-hydrogen) atoms. The minimum Gasteiger partial charge on any atom is -0.450 e. The van der Waals surface area contributed by atoms with Crippen molar-refractivity contribution >= 4 is 31.7 Å². The zero-order valence-electron chi connectivity index (χ0n) is 16.7. The zero-order valence-corrected chi connectivity index (χ0v) is 18.4. The number of rotatable bonds is 5. The highest BCUT2D eigenvalue weighted by Gasteiger charge is 2.38. The molecule has 0 spiro atoms. The Morgan fingerprint density at radius 3 is 2.30 bits per heavy atom. The molecule has 11 heteroatoms. The Hall–Kier alpha value is -2.14.